The smallest absolute Gasteiger partial charge is 0.142 e. The van der Waals surface area contributed by atoms with Gasteiger partial charge in [-0.15, -0.1) is 11.3 Å². The fourth-order valence-corrected chi connectivity index (χ4v) is 4.93. The van der Waals surface area contributed by atoms with Crippen molar-refractivity contribution in [2.75, 3.05) is 5.32 Å². The molecule has 4 rings (SSSR count). The topological polar surface area (TPSA) is 58.0 Å². The summed E-state index contributed by atoms with van der Waals surface area (Å²) in [6.45, 7) is 7.01. The highest BCUT2D eigenvalue weighted by Crippen LogP contribution is 2.44. The van der Waals surface area contributed by atoms with E-state index < -0.39 is 0 Å². The molecule has 0 saturated heterocycles. The van der Waals surface area contributed by atoms with Gasteiger partial charge in [0.2, 0.25) is 0 Å². The van der Waals surface area contributed by atoms with Gasteiger partial charge in [0.05, 0.1) is 5.39 Å². The van der Waals surface area contributed by atoms with E-state index in [2.05, 4.69) is 36.1 Å². The van der Waals surface area contributed by atoms with E-state index in [1.807, 2.05) is 12.1 Å². The first-order valence-electron chi connectivity index (χ1n) is 8.73. The van der Waals surface area contributed by atoms with Crippen LogP contribution in [-0.4, -0.2) is 15.1 Å². The molecule has 1 aliphatic carbocycles. The molecule has 5 heteroatoms. The molecule has 0 amide bonds. The lowest BCUT2D eigenvalue weighted by atomic mass is 9.72. The molecule has 2 N–H and O–H groups in total. The second-order valence-electron chi connectivity index (χ2n) is 7.89. The first-order chi connectivity index (χ1) is 11.9. The van der Waals surface area contributed by atoms with Crippen molar-refractivity contribution >= 4 is 33.1 Å². The van der Waals surface area contributed by atoms with Gasteiger partial charge in [-0.2, -0.15) is 0 Å². The third-order valence-corrected chi connectivity index (χ3v) is 6.34. The molecule has 0 spiro atoms. The third-order valence-electron chi connectivity index (χ3n) is 5.18. The van der Waals surface area contributed by atoms with Crippen molar-refractivity contribution in [3.8, 4) is 5.75 Å². The maximum atomic E-state index is 9.69. The standard InChI is InChI=1S/C20H23N3OS/c1-20(2,3)12-7-8-15-16(9-12)25-19-17(15)18(21-11-22-19)23-13-5-4-6-14(24)10-13/h4-6,10-12,24H,7-9H2,1-3H3,(H,21,22,23). The molecule has 4 nitrogen and oxygen atoms in total. The highest BCUT2D eigenvalue weighted by molar-refractivity contribution is 7.19. The van der Waals surface area contributed by atoms with Crippen molar-refractivity contribution in [3.05, 3.63) is 41.0 Å². The van der Waals surface area contributed by atoms with Crippen molar-refractivity contribution in [3.63, 3.8) is 0 Å². The summed E-state index contributed by atoms with van der Waals surface area (Å²) in [6.07, 6.45) is 5.05. The Morgan fingerprint density at radius 2 is 2.08 bits per heavy atom. The summed E-state index contributed by atoms with van der Waals surface area (Å²) < 4.78 is 0. The van der Waals surface area contributed by atoms with E-state index in [4.69, 9.17) is 0 Å². The van der Waals surface area contributed by atoms with Crippen LogP contribution in [0.25, 0.3) is 10.2 Å². The number of phenols is 1. The summed E-state index contributed by atoms with van der Waals surface area (Å²) in [5.41, 5.74) is 2.58. The highest BCUT2D eigenvalue weighted by atomic mass is 32.1. The Bertz CT molecular complexity index is 926. The molecule has 0 aliphatic heterocycles. The van der Waals surface area contributed by atoms with E-state index in [0.717, 1.165) is 34.6 Å². The summed E-state index contributed by atoms with van der Waals surface area (Å²) in [6, 6.07) is 7.14. The number of phenolic OH excluding ortho intramolecular Hbond substituents is 1. The van der Waals surface area contributed by atoms with Gasteiger partial charge in [-0.1, -0.05) is 26.8 Å². The summed E-state index contributed by atoms with van der Waals surface area (Å²) in [5.74, 6) is 1.79. The maximum Gasteiger partial charge on any atom is 0.142 e. The largest absolute Gasteiger partial charge is 0.508 e. The fraction of sp³-hybridized carbons (Fsp3) is 0.400. The second kappa shape index (κ2) is 5.99. The highest BCUT2D eigenvalue weighted by Gasteiger charge is 2.31. The SMILES string of the molecule is CC(C)(C)C1CCc2c(sc3ncnc(Nc4cccc(O)c4)c23)C1. The van der Waals surface area contributed by atoms with Gasteiger partial charge in [-0.25, -0.2) is 9.97 Å². The molecule has 3 aromatic rings. The average molecular weight is 353 g/mol. The van der Waals surface area contributed by atoms with Gasteiger partial charge in [0.1, 0.15) is 22.7 Å². The van der Waals surface area contributed by atoms with Crippen LogP contribution in [0, 0.1) is 11.3 Å². The van der Waals surface area contributed by atoms with Crippen LogP contribution in [0.3, 0.4) is 0 Å². The van der Waals surface area contributed by atoms with Crippen molar-refractivity contribution in [2.45, 2.75) is 40.0 Å². The van der Waals surface area contributed by atoms with Crippen LogP contribution in [0.5, 0.6) is 5.75 Å². The molecule has 2 heterocycles. The number of aromatic nitrogens is 2. The number of fused-ring (bicyclic) bond motifs is 3. The van der Waals surface area contributed by atoms with E-state index in [9.17, 15) is 5.11 Å². The molecule has 1 unspecified atom stereocenters. The van der Waals surface area contributed by atoms with Gasteiger partial charge in [0.15, 0.2) is 0 Å². The number of hydrogen-bond donors (Lipinski definition) is 2. The molecule has 1 aromatic carbocycles. The second-order valence-corrected chi connectivity index (χ2v) is 8.97. The lowest BCUT2D eigenvalue weighted by Gasteiger charge is -2.33. The predicted octanol–water partition coefficient (Wildman–Crippen LogP) is 5.29. The minimum atomic E-state index is 0.246. The molecular formula is C20H23N3OS. The van der Waals surface area contributed by atoms with Gasteiger partial charge in [-0.3, -0.25) is 0 Å². The first-order valence-corrected chi connectivity index (χ1v) is 9.55. The van der Waals surface area contributed by atoms with Gasteiger partial charge >= 0.3 is 0 Å². The summed E-state index contributed by atoms with van der Waals surface area (Å²) in [5, 5.41) is 14.2. The van der Waals surface area contributed by atoms with Gasteiger partial charge in [0.25, 0.3) is 0 Å². The quantitative estimate of drug-likeness (QED) is 0.657. The zero-order valence-electron chi connectivity index (χ0n) is 14.8. The average Bonchev–Trinajstić information content (AvgIpc) is 2.92. The van der Waals surface area contributed by atoms with E-state index in [0.29, 0.717) is 11.3 Å². The van der Waals surface area contributed by atoms with Crippen LogP contribution < -0.4 is 5.32 Å². The number of rotatable bonds is 2. The van der Waals surface area contributed by atoms with Crippen LogP contribution in [0.4, 0.5) is 11.5 Å². The summed E-state index contributed by atoms with van der Waals surface area (Å²) >= 11 is 1.81. The normalized spacial score (nSPS) is 17.5. The zero-order chi connectivity index (χ0) is 17.6. The number of aryl methyl sites for hydroxylation is 1. The molecule has 0 bridgehead atoms. The Balaban J connectivity index is 1.74. The Kier molecular flexibility index (Phi) is 3.91. The molecule has 2 aromatic heterocycles. The number of aromatic hydroxyl groups is 1. The number of hydrogen-bond acceptors (Lipinski definition) is 5. The molecule has 1 aliphatic rings. The van der Waals surface area contributed by atoms with Gasteiger partial charge in [0, 0.05) is 16.6 Å². The van der Waals surface area contributed by atoms with Crippen molar-refractivity contribution < 1.29 is 5.11 Å². The molecular weight excluding hydrogens is 330 g/mol. The lowest BCUT2D eigenvalue weighted by Crippen LogP contribution is -2.26. The molecule has 0 saturated carbocycles. The van der Waals surface area contributed by atoms with E-state index in [1.54, 1.807) is 29.8 Å². The number of nitrogens with one attached hydrogen (secondary N) is 1. The number of anilines is 2. The Morgan fingerprint density at radius 1 is 1.24 bits per heavy atom. The van der Waals surface area contributed by atoms with Crippen LogP contribution in [-0.2, 0) is 12.8 Å². The van der Waals surface area contributed by atoms with E-state index in [-0.39, 0.29) is 5.75 Å². The number of benzene rings is 1. The maximum absolute atomic E-state index is 9.69. The van der Waals surface area contributed by atoms with Gasteiger partial charge < -0.3 is 10.4 Å². The van der Waals surface area contributed by atoms with E-state index >= 15 is 0 Å². The monoisotopic (exact) mass is 353 g/mol. The molecule has 130 valence electrons. The fourth-order valence-electron chi connectivity index (χ4n) is 3.66. The summed E-state index contributed by atoms with van der Waals surface area (Å²) in [7, 11) is 0. The predicted molar refractivity (Wildman–Crippen MR) is 104 cm³/mol. The minimum Gasteiger partial charge on any atom is -0.508 e. The van der Waals surface area contributed by atoms with Crippen molar-refractivity contribution in [1.82, 2.24) is 9.97 Å². The Morgan fingerprint density at radius 3 is 2.84 bits per heavy atom. The van der Waals surface area contributed by atoms with Crippen LogP contribution >= 0.6 is 11.3 Å². The minimum absolute atomic E-state index is 0.246. The molecule has 25 heavy (non-hydrogen) atoms. The lowest BCUT2D eigenvalue weighted by molar-refractivity contribution is 0.218. The van der Waals surface area contributed by atoms with Crippen LogP contribution in [0.15, 0.2) is 30.6 Å². The van der Waals surface area contributed by atoms with Crippen LogP contribution in [0.1, 0.15) is 37.6 Å². The molecule has 0 fully saturated rings. The summed E-state index contributed by atoms with van der Waals surface area (Å²) in [4.78, 5) is 11.5. The number of nitrogens with zero attached hydrogens (tertiary/aromatic N) is 2. The van der Waals surface area contributed by atoms with Crippen molar-refractivity contribution in [2.24, 2.45) is 11.3 Å². The van der Waals surface area contributed by atoms with E-state index in [1.165, 1.54) is 16.9 Å². The molecule has 0 radical (unpaired) electrons. The zero-order valence-corrected chi connectivity index (χ0v) is 15.7. The van der Waals surface area contributed by atoms with Crippen molar-refractivity contribution in [1.29, 1.82) is 0 Å². The van der Waals surface area contributed by atoms with Crippen LogP contribution in [0.2, 0.25) is 0 Å². The Labute approximate surface area is 152 Å². The Hall–Kier alpha value is -2.14. The number of thiophene rings is 1. The third kappa shape index (κ3) is 3.09. The molecule has 1 atom stereocenters. The first kappa shape index (κ1) is 16.3. The van der Waals surface area contributed by atoms with Gasteiger partial charge in [-0.05, 0) is 48.3 Å².